The van der Waals surface area contributed by atoms with Crippen molar-refractivity contribution < 1.29 is 4.79 Å². The van der Waals surface area contributed by atoms with E-state index in [-0.39, 0.29) is 6.03 Å². The fraction of sp³-hybridized carbons (Fsp3) is 0.889. The van der Waals surface area contributed by atoms with Crippen LogP contribution in [0.15, 0.2) is 0 Å². The predicted molar refractivity (Wildman–Crippen MR) is 49.1 cm³/mol. The van der Waals surface area contributed by atoms with Gasteiger partial charge in [0.25, 0.3) is 0 Å². The zero-order valence-electron chi connectivity index (χ0n) is 8.21. The van der Waals surface area contributed by atoms with Gasteiger partial charge in [-0.3, -0.25) is 0 Å². The average molecular weight is 170 g/mol. The number of rotatable bonds is 3. The second-order valence-corrected chi connectivity index (χ2v) is 3.37. The van der Waals surface area contributed by atoms with E-state index in [1.165, 1.54) is 0 Å². The van der Waals surface area contributed by atoms with Crippen LogP contribution in [0.1, 0.15) is 26.7 Å². The molecule has 1 aliphatic rings. The molecule has 2 amide bonds. The van der Waals surface area contributed by atoms with Gasteiger partial charge in [-0.05, 0) is 13.3 Å². The molecule has 1 saturated heterocycles. The lowest BCUT2D eigenvalue weighted by molar-refractivity contribution is 0.196. The molecule has 0 spiro atoms. The van der Waals surface area contributed by atoms with Gasteiger partial charge in [0.2, 0.25) is 0 Å². The zero-order chi connectivity index (χ0) is 9.14. The van der Waals surface area contributed by atoms with E-state index in [9.17, 15) is 4.79 Å². The van der Waals surface area contributed by atoms with E-state index < -0.39 is 0 Å². The van der Waals surface area contributed by atoms with E-state index >= 15 is 0 Å². The van der Waals surface area contributed by atoms with E-state index in [4.69, 9.17) is 0 Å². The van der Waals surface area contributed by atoms with Crippen LogP contribution in [-0.2, 0) is 0 Å². The molecule has 3 nitrogen and oxygen atoms in total. The van der Waals surface area contributed by atoms with Crippen molar-refractivity contribution in [2.24, 2.45) is 0 Å². The van der Waals surface area contributed by atoms with Crippen LogP contribution < -0.4 is 0 Å². The molecule has 0 aliphatic carbocycles. The lowest BCUT2D eigenvalue weighted by Crippen LogP contribution is -2.30. The highest BCUT2D eigenvalue weighted by Crippen LogP contribution is 2.16. The molecule has 70 valence electrons. The van der Waals surface area contributed by atoms with Crippen LogP contribution in [0.4, 0.5) is 4.79 Å². The lowest BCUT2D eigenvalue weighted by atomic mass is 10.2. The minimum atomic E-state index is 0.191. The Bertz CT molecular complexity index is 170. The molecular weight excluding hydrogens is 152 g/mol. The summed E-state index contributed by atoms with van der Waals surface area (Å²) >= 11 is 0. The monoisotopic (exact) mass is 170 g/mol. The van der Waals surface area contributed by atoms with E-state index in [1.54, 1.807) is 0 Å². The number of carbonyl (C=O) groups excluding carboxylic acids is 1. The standard InChI is InChI=1S/C9H18N2O/c1-4-6-8-7-11(5-2)9(12)10(8)3/h8H,4-7H2,1-3H3. The second kappa shape index (κ2) is 3.78. The van der Waals surface area contributed by atoms with Gasteiger partial charge in [-0.1, -0.05) is 13.3 Å². The molecule has 0 bridgehead atoms. The van der Waals surface area contributed by atoms with Crippen LogP contribution in [0.5, 0.6) is 0 Å². The van der Waals surface area contributed by atoms with Gasteiger partial charge < -0.3 is 9.80 Å². The van der Waals surface area contributed by atoms with Gasteiger partial charge >= 0.3 is 6.03 Å². The van der Waals surface area contributed by atoms with Crippen LogP contribution in [0, 0.1) is 0 Å². The molecule has 1 rings (SSSR count). The van der Waals surface area contributed by atoms with Gasteiger partial charge in [0.05, 0.1) is 6.04 Å². The summed E-state index contributed by atoms with van der Waals surface area (Å²) < 4.78 is 0. The molecule has 0 aromatic rings. The summed E-state index contributed by atoms with van der Waals surface area (Å²) in [6.07, 6.45) is 2.28. The second-order valence-electron chi connectivity index (χ2n) is 3.37. The highest BCUT2D eigenvalue weighted by molar-refractivity contribution is 5.76. The van der Waals surface area contributed by atoms with Crippen molar-refractivity contribution in [1.29, 1.82) is 0 Å². The van der Waals surface area contributed by atoms with Crippen LogP contribution in [-0.4, -0.2) is 42.0 Å². The summed E-state index contributed by atoms with van der Waals surface area (Å²) in [6, 6.07) is 0.637. The topological polar surface area (TPSA) is 23.6 Å². The van der Waals surface area contributed by atoms with Crippen molar-refractivity contribution in [2.45, 2.75) is 32.7 Å². The Balaban J connectivity index is 2.54. The first-order valence-corrected chi connectivity index (χ1v) is 4.72. The molecule has 0 N–H and O–H groups in total. The molecule has 3 heteroatoms. The largest absolute Gasteiger partial charge is 0.323 e. The van der Waals surface area contributed by atoms with Crippen LogP contribution in [0.3, 0.4) is 0 Å². The number of amides is 2. The van der Waals surface area contributed by atoms with Crippen molar-refractivity contribution in [3.8, 4) is 0 Å². The van der Waals surface area contributed by atoms with Gasteiger partial charge in [0.15, 0.2) is 0 Å². The van der Waals surface area contributed by atoms with Crippen molar-refractivity contribution in [3.05, 3.63) is 0 Å². The first kappa shape index (κ1) is 9.36. The van der Waals surface area contributed by atoms with E-state index in [2.05, 4.69) is 6.92 Å². The molecule has 12 heavy (non-hydrogen) atoms. The smallest absolute Gasteiger partial charge is 0.320 e. The third kappa shape index (κ3) is 1.54. The summed E-state index contributed by atoms with van der Waals surface area (Å²) in [5, 5.41) is 0. The molecule has 0 saturated carbocycles. The summed E-state index contributed by atoms with van der Waals surface area (Å²) in [5.74, 6) is 0. The third-order valence-electron chi connectivity index (χ3n) is 2.55. The number of hydrogen-bond donors (Lipinski definition) is 0. The molecule has 1 atom stereocenters. The Hall–Kier alpha value is -0.730. The predicted octanol–water partition coefficient (Wildman–Crippen LogP) is 1.54. The van der Waals surface area contributed by atoms with Crippen molar-refractivity contribution in [1.82, 2.24) is 9.80 Å². The summed E-state index contributed by atoms with van der Waals surface area (Å²) in [5.41, 5.74) is 0. The molecule has 1 fully saturated rings. The average Bonchev–Trinajstić information content (AvgIpc) is 2.33. The lowest BCUT2D eigenvalue weighted by Gasteiger charge is -2.16. The molecule has 1 aliphatic heterocycles. The summed E-state index contributed by atoms with van der Waals surface area (Å²) in [4.78, 5) is 15.2. The van der Waals surface area contributed by atoms with Gasteiger partial charge in [-0.15, -0.1) is 0 Å². The number of urea groups is 1. The van der Waals surface area contributed by atoms with Gasteiger partial charge in [0, 0.05) is 20.1 Å². The maximum absolute atomic E-state index is 11.5. The van der Waals surface area contributed by atoms with Crippen LogP contribution in [0.25, 0.3) is 0 Å². The van der Waals surface area contributed by atoms with Gasteiger partial charge in [-0.25, -0.2) is 4.79 Å². The quantitative estimate of drug-likeness (QED) is 0.630. The highest BCUT2D eigenvalue weighted by Gasteiger charge is 2.32. The van der Waals surface area contributed by atoms with E-state index in [0.717, 1.165) is 25.9 Å². The normalized spacial score (nSPS) is 23.9. The first-order chi connectivity index (χ1) is 5.70. The fourth-order valence-corrected chi connectivity index (χ4v) is 1.72. The summed E-state index contributed by atoms with van der Waals surface area (Å²) in [7, 11) is 1.90. The zero-order valence-corrected chi connectivity index (χ0v) is 8.21. The van der Waals surface area contributed by atoms with Crippen molar-refractivity contribution in [2.75, 3.05) is 20.1 Å². The number of nitrogens with zero attached hydrogens (tertiary/aromatic N) is 2. The van der Waals surface area contributed by atoms with Crippen molar-refractivity contribution in [3.63, 3.8) is 0 Å². The third-order valence-corrected chi connectivity index (χ3v) is 2.55. The molecule has 1 unspecified atom stereocenters. The Labute approximate surface area is 74.3 Å². The SMILES string of the molecule is CCCC1CN(CC)C(=O)N1C. The van der Waals surface area contributed by atoms with Crippen LogP contribution >= 0.6 is 0 Å². The Morgan fingerprint density at radius 3 is 2.58 bits per heavy atom. The van der Waals surface area contributed by atoms with Gasteiger partial charge in [0.1, 0.15) is 0 Å². The Kier molecular flexibility index (Phi) is 2.95. The minimum absolute atomic E-state index is 0.191. The summed E-state index contributed by atoms with van der Waals surface area (Å²) in [6.45, 7) is 5.94. The maximum Gasteiger partial charge on any atom is 0.320 e. The highest BCUT2D eigenvalue weighted by atomic mass is 16.2. The molecule has 0 aromatic heterocycles. The number of likely N-dealkylation sites (N-methyl/N-ethyl adjacent to an activating group) is 2. The van der Waals surface area contributed by atoms with Crippen LogP contribution in [0.2, 0.25) is 0 Å². The molecular formula is C9H18N2O. The number of hydrogen-bond acceptors (Lipinski definition) is 1. The molecule has 0 radical (unpaired) electrons. The minimum Gasteiger partial charge on any atom is -0.323 e. The number of carbonyl (C=O) groups is 1. The van der Waals surface area contributed by atoms with Gasteiger partial charge in [-0.2, -0.15) is 0 Å². The molecule has 1 heterocycles. The fourth-order valence-electron chi connectivity index (χ4n) is 1.72. The Morgan fingerprint density at radius 1 is 1.50 bits per heavy atom. The maximum atomic E-state index is 11.5. The van der Waals surface area contributed by atoms with E-state index in [1.807, 2.05) is 23.8 Å². The van der Waals surface area contributed by atoms with Crippen molar-refractivity contribution >= 4 is 6.03 Å². The molecule has 0 aromatic carbocycles. The van der Waals surface area contributed by atoms with E-state index in [0.29, 0.717) is 6.04 Å². The first-order valence-electron chi connectivity index (χ1n) is 4.72. The Morgan fingerprint density at radius 2 is 2.17 bits per heavy atom.